The quantitative estimate of drug-likeness (QED) is 0.503. The highest BCUT2D eigenvalue weighted by Gasteiger charge is 2.07. The van der Waals surface area contributed by atoms with Crippen molar-refractivity contribution in [2.75, 3.05) is 0 Å². The summed E-state index contributed by atoms with van der Waals surface area (Å²) in [6.45, 7) is 1.33. The molecule has 3 N–H and O–H groups in total. The van der Waals surface area contributed by atoms with Crippen molar-refractivity contribution < 1.29 is 9.59 Å². The van der Waals surface area contributed by atoms with Crippen LogP contribution >= 0.6 is 11.8 Å². The summed E-state index contributed by atoms with van der Waals surface area (Å²) in [5.41, 5.74) is 8.13. The molecule has 0 aliphatic rings. The van der Waals surface area contributed by atoms with E-state index in [2.05, 4.69) is 20.8 Å². The maximum atomic E-state index is 11.8. The Morgan fingerprint density at radius 2 is 1.83 bits per heavy atom. The molecule has 122 valence electrons. The summed E-state index contributed by atoms with van der Waals surface area (Å²) in [7, 11) is 0. The molecule has 0 bridgehead atoms. The number of carbonyl (C=O) groups excluding carboxylic acids is 2. The predicted octanol–water partition coefficient (Wildman–Crippen LogP) is 2.64. The van der Waals surface area contributed by atoms with Gasteiger partial charge < -0.3 is 4.98 Å². The van der Waals surface area contributed by atoms with E-state index in [0.717, 1.165) is 27.5 Å². The molecule has 1 heterocycles. The summed E-state index contributed by atoms with van der Waals surface area (Å²) in [5.74, 6) is 0.0804. The Morgan fingerprint density at radius 3 is 2.54 bits per heavy atom. The number of aromatic nitrogens is 2. The number of carbonyl (C=O) groups is 2. The molecule has 0 aliphatic carbocycles. The van der Waals surface area contributed by atoms with Crippen LogP contribution < -0.4 is 10.9 Å². The zero-order valence-corrected chi connectivity index (χ0v) is 13.8. The van der Waals surface area contributed by atoms with Crippen molar-refractivity contribution in [2.45, 2.75) is 17.8 Å². The van der Waals surface area contributed by atoms with Crippen LogP contribution in [0.1, 0.15) is 22.8 Å². The largest absolute Gasteiger partial charge is 0.333 e. The number of benzene rings is 2. The van der Waals surface area contributed by atoms with E-state index < -0.39 is 0 Å². The Kier molecular flexibility index (Phi) is 4.81. The number of amides is 2. The summed E-state index contributed by atoms with van der Waals surface area (Å²) in [6, 6.07) is 15.1. The average molecular weight is 340 g/mol. The van der Waals surface area contributed by atoms with Gasteiger partial charge in [0.2, 0.25) is 5.91 Å². The number of nitrogens with zero attached hydrogens (tertiary/aromatic N) is 1. The average Bonchev–Trinajstić information content (AvgIpc) is 3.01. The molecule has 2 aromatic carbocycles. The molecule has 24 heavy (non-hydrogen) atoms. The van der Waals surface area contributed by atoms with E-state index in [1.807, 2.05) is 36.4 Å². The van der Waals surface area contributed by atoms with E-state index >= 15 is 0 Å². The minimum Gasteiger partial charge on any atom is -0.333 e. The van der Waals surface area contributed by atoms with Crippen LogP contribution in [-0.2, 0) is 10.5 Å². The van der Waals surface area contributed by atoms with Crippen molar-refractivity contribution in [3.63, 3.8) is 0 Å². The molecule has 0 saturated heterocycles. The van der Waals surface area contributed by atoms with Crippen molar-refractivity contribution >= 4 is 34.6 Å². The summed E-state index contributed by atoms with van der Waals surface area (Å²) in [6.07, 6.45) is 0. The second kappa shape index (κ2) is 7.18. The zero-order valence-electron chi connectivity index (χ0n) is 13.0. The van der Waals surface area contributed by atoms with Crippen LogP contribution in [0.5, 0.6) is 0 Å². The molecule has 3 aromatic rings. The van der Waals surface area contributed by atoms with Gasteiger partial charge in [-0.3, -0.25) is 20.4 Å². The zero-order chi connectivity index (χ0) is 16.9. The van der Waals surface area contributed by atoms with Crippen LogP contribution in [0.3, 0.4) is 0 Å². The molecule has 7 heteroatoms. The summed E-state index contributed by atoms with van der Waals surface area (Å²) in [4.78, 5) is 30.4. The number of para-hydroxylation sites is 2. The lowest BCUT2D eigenvalue weighted by Gasteiger charge is -2.06. The molecule has 1 aromatic heterocycles. The first-order valence-corrected chi connectivity index (χ1v) is 8.34. The van der Waals surface area contributed by atoms with Gasteiger partial charge in [0.15, 0.2) is 5.16 Å². The van der Waals surface area contributed by atoms with Crippen LogP contribution in [0.15, 0.2) is 53.7 Å². The monoisotopic (exact) mass is 340 g/mol. The molecule has 2 amide bonds. The molecule has 6 nitrogen and oxygen atoms in total. The molecular weight excluding hydrogens is 324 g/mol. The number of hydrogen-bond acceptors (Lipinski definition) is 4. The Morgan fingerprint density at radius 1 is 1.08 bits per heavy atom. The van der Waals surface area contributed by atoms with Gasteiger partial charge in [0.05, 0.1) is 11.0 Å². The molecule has 0 aliphatic heterocycles. The Bertz CT molecular complexity index is 841. The normalized spacial score (nSPS) is 10.5. The second-order valence-electron chi connectivity index (χ2n) is 5.18. The molecule has 0 unspecified atom stereocenters. The fourth-order valence-corrected chi connectivity index (χ4v) is 2.96. The molecule has 0 spiro atoms. The van der Waals surface area contributed by atoms with Gasteiger partial charge in [-0.05, 0) is 29.8 Å². The van der Waals surface area contributed by atoms with Gasteiger partial charge in [0, 0.05) is 18.2 Å². The van der Waals surface area contributed by atoms with Crippen LogP contribution in [0.25, 0.3) is 11.0 Å². The van der Waals surface area contributed by atoms with E-state index in [9.17, 15) is 9.59 Å². The maximum Gasteiger partial charge on any atom is 0.269 e. The van der Waals surface area contributed by atoms with E-state index in [0.29, 0.717) is 5.56 Å². The number of fused-ring (bicyclic) bond motifs is 1. The fourth-order valence-electron chi connectivity index (χ4n) is 2.12. The van der Waals surface area contributed by atoms with Crippen molar-refractivity contribution in [3.05, 3.63) is 59.7 Å². The minimum absolute atomic E-state index is 0.317. The Balaban J connectivity index is 1.59. The number of imidazole rings is 1. The van der Waals surface area contributed by atoms with Gasteiger partial charge in [0.25, 0.3) is 5.91 Å². The summed E-state index contributed by atoms with van der Waals surface area (Å²) >= 11 is 1.60. The first kappa shape index (κ1) is 16.1. The minimum atomic E-state index is -0.346. The van der Waals surface area contributed by atoms with Crippen molar-refractivity contribution in [1.29, 1.82) is 0 Å². The second-order valence-corrected chi connectivity index (χ2v) is 6.14. The molecule has 0 radical (unpaired) electrons. The highest BCUT2D eigenvalue weighted by Crippen LogP contribution is 2.23. The number of hydrazine groups is 1. The van der Waals surface area contributed by atoms with Crippen molar-refractivity contribution in [1.82, 2.24) is 20.8 Å². The number of aromatic amines is 1. The highest BCUT2D eigenvalue weighted by atomic mass is 32.2. The lowest BCUT2D eigenvalue weighted by atomic mass is 10.1. The number of nitrogens with one attached hydrogen (secondary N) is 3. The van der Waals surface area contributed by atoms with Gasteiger partial charge in [-0.15, -0.1) is 0 Å². The first-order valence-electron chi connectivity index (χ1n) is 7.35. The van der Waals surface area contributed by atoms with Crippen molar-refractivity contribution in [2.24, 2.45) is 0 Å². The molecule has 0 saturated carbocycles. The number of thioether (sulfide) groups is 1. The predicted molar refractivity (Wildman–Crippen MR) is 93.4 cm³/mol. The van der Waals surface area contributed by atoms with E-state index in [-0.39, 0.29) is 11.8 Å². The third-order valence-corrected chi connectivity index (χ3v) is 4.26. The number of rotatable bonds is 4. The van der Waals surface area contributed by atoms with E-state index in [1.165, 1.54) is 6.92 Å². The van der Waals surface area contributed by atoms with Gasteiger partial charge in [-0.25, -0.2) is 4.98 Å². The van der Waals surface area contributed by atoms with Gasteiger partial charge in [-0.2, -0.15) is 0 Å². The van der Waals surface area contributed by atoms with E-state index in [1.54, 1.807) is 23.9 Å². The van der Waals surface area contributed by atoms with Gasteiger partial charge in [0.1, 0.15) is 0 Å². The topological polar surface area (TPSA) is 86.9 Å². The summed E-state index contributed by atoms with van der Waals surface area (Å²) in [5, 5.41) is 0.865. The van der Waals surface area contributed by atoms with Gasteiger partial charge in [-0.1, -0.05) is 36.0 Å². The maximum absolute atomic E-state index is 11.8. The first-order chi connectivity index (χ1) is 11.6. The lowest BCUT2D eigenvalue weighted by Crippen LogP contribution is -2.40. The summed E-state index contributed by atoms with van der Waals surface area (Å²) < 4.78 is 0. The number of H-pyrrole nitrogens is 1. The molecule has 0 fully saturated rings. The fraction of sp³-hybridized carbons (Fsp3) is 0.118. The lowest BCUT2D eigenvalue weighted by molar-refractivity contribution is -0.119. The highest BCUT2D eigenvalue weighted by molar-refractivity contribution is 7.98. The van der Waals surface area contributed by atoms with Crippen LogP contribution in [0.2, 0.25) is 0 Å². The van der Waals surface area contributed by atoms with E-state index in [4.69, 9.17) is 0 Å². The Labute approximate surface area is 143 Å². The van der Waals surface area contributed by atoms with Crippen LogP contribution in [0.4, 0.5) is 0 Å². The third-order valence-electron chi connectivity index (χ3n) is 3.31. The van der Waals surface area contributed by atoms with Crippen molar-refractivity contribution in [3.8, 4) is 0 Å². The Hall–Kier alpha value is -2.80. The molecule has 0 atom stereocenters. The van der Waals surface area contributed by atoms with Crippen LogP contribution in [0, 0.1) is 0 Å². The smallest absolute Gasteiger partial charge is 0.269 e. The van der Waals surface area contributed by atoms with Gasteiger partial charge >= 0.3 is 0 Å². The molecular formula is C17H16N4O2S. The SMILES string of the molecule is CC(=O)NNC(=O)c1ccc(CSc2nc3ccccc3[nH]2)cc1. The number of hydrogen-bond donors (Lipinski definition) is 3. The third kappa shape index (κ3) is 3.94. The van der Waals surface area contributed by atoms with Crippen LogP contribution in [-0.4, -0.2) is 21.8 Å². The standard InChI is InChI=1S/C17H16N4O2S/c1-11(22)20-21-16(23)13-8-6-12(7-9-13)10-24-17-18-14-4-2-3-5-15(14)19-17/h2-9H,10H2,1H3,(H,18,19)(H,20,22)(H,21,23). The molecule has 3 rings (SSSR count).